The second-order valence-electron chi connectivity index (χ2n) is 9.66. The molecule has 8 heteroatoms. The molecule has 1 saturated heterocycles. The topological polar surface area (TPSA) is 88.6 Å². The average molecular weight is 476 g/mol. The molecule has 3 amide bonds. The van der Waals surface area contributed by atoms with Crippen molar-refractivity contribution >= 4 is 30.6 Å². The van der Waals surface area contributed by atoms with E-state index in [0.717, 1.165) is 47.2 Å². The number of imide groups is 1. The number of hydrogen-bond acceptors (Lipinski definition) is 5. The maximum absolute atomic E-state index is 12.7. The van der Waals surface area contributed by atoms with E-state index in [0.29, 0.717) is 12.8 Å². The van der Waals surface area contributed by atoms with Gasteiger partial charge in [-0.1, -0.05) is 62.4 Å². The first-order valence-corrected chi connectivity index (χ1v) is 12.4. The van der Waals surface area contributed by atoms with Crippen LogP contribution in [0.3, 0.4) is 0 Å². The van der Waals surface area contributed by atoms with Gasteiger partial charge in [-0.3, -0.25) is 14.6 Å². The number of benzene rings is 1. The summed E-state index contributed by atoms with van der Waals surface area (Å²) in [5.41, 5.74) is 3.71. The van der Waals surface area contributed by atoms with Gasteiger partial charge in [0.2, 0.25) is 0 Å². The second kappa shape index (κ2) is 12.0. The number of aryl methyl sites for hydroxylation is 2. The Balaban J connectivity index is 1.47. The molecule has 1 aromatic carbocycles. The first kappa shape index (κ1) is 26.4. The molecular formula is C27H35BN3O4. The van der Waals surface area contributed by atoms with Crippen molar-refractivity contribution in [1.29, 1.82) is 0 Å². The first-order valence-electron chi connectivity index (χ1n) is 12.4. The molecule has 1 radical (unpaired) electrons. The average Bonchev–Trinajstić information content (AvgIpc) is 3.11. The van der Waals surface area contributed by atoms with E-state index in [-0.39, 0.29) is 12.6 Å². The number of amides is 3. The molecule has 0 spiro atoms. The number of hydrogen-bond donors (Lipinski definition) is 1. The minimum Gasteiger partial charge on any atom is -0.443 e. The number of urea groups is 1. The van der Waals surface area contributed by atoms with Gasteiger partial charge >= 0.3 is 12.0 Å². The van der Waals surface area contributed by atoms with Gasteiger partial charge in [-0.2, -0.15) is 0 Å². The highest BCUT2D eigenvalue weighted by Gasteiger charge is 2.39. The molecule has 0 bridgehead atoms. The number of rotatable bonds is 12. The van der Waals surface area contributed by atoms with E-state index in [2.05, 4.69) is 36.6 Å². The zero-order valence-electron chi connectivity index (χ0n) is 21.2. The molecule has 2 heterocycles. The van der Waals surface area contributed by atoms with Gasteiger partial charge in [0, 0.05) is 18.3 Å². The van der Waals surface area contributed by atoms with Crippen LogP contribution in [0.2, 0.25) is 6.32 Å². The third-order valence-corrected chi connectivity index (χ3v) is 6.35. The fourth-order valence-electron chi connectivity index (χ4n) is 4.11. The minimum atomic E-state index is -0.670. The van der Waals surface area contributed by atoms with E-state index in [1.54, 1.807) is 13.8 Å². The summed E-state index contributed by atoms with van der Waals surface area (Å²) >= 11 is 0. The number of esters is 1. The van der Waals surface area contributed by atoms with Gasteiger partial charge in [-0.25, -0.2) is 9.69 Å². The van der Waals surface area contributed by atoms with Crippen LogP contribution in [0.4, 0.5) is 4.79 Å². The maximum atomic E-state index is 12.7. The van der Waals surface area contributed by atoms with Gasteiger partial charge in [0.1, 0.15) is 6.04 Å². The lowest BCUT2D eigenvalue weighted by Crippen LogP contribution is -2.37. The highest BCUT2D eigenvalue weighted by Crippen LogP contribution is 2.24. The lowest BCUT2D eigenvalue weighted by molar-refractivity contribution is -0.159. The molecule has 1 unspecified atom stereocenters. The predicted octanol–water partition coefficient (Wildman–Crippen LogP) is 3.42. The normalized spacial score (nSPS) is 15.8. The van der Waals surface area contributed by atoms with Gasteiger partial charge in [-0.05, 0) is 50.3 Å². The summed E-state index contributed by atoms with van der Waals surface area (Å²) in [5.74, 6) is -0.794. The molecule has 2 aromatic rings. The monoisotopic (exact) mass is 476 g/mol. The third-order valence-electron chi connectivity index (χ3n) is 6.35. The molecule has 1 N–H and O–H groups in total. The lowest BCUT2D eigenvalue weighted by atomic mass is 9.66. The smallest absolute Gasteiger partial charge is 0.327 e. The van der Waals surface area contributed by atoms with Gasteiger partial charge in [0.05, 0.1) is 5.41 Å². The number of aromatic nitrogens is 1. The molecule has 185 valence electrons. The molecule has 1 aromatic heterocycles. The Labute approximate surface area is 208 Å². The number of pyridine rings is 1. The Bertz CT molecular complexity index is 1020. The Hall–Kier alpha value is -3.16. The summed E-state index contributed by atoms with van der Waals surface area (Å²) < 4.78 is 5.28. The van der Waals surface area contributed by atoms with Crippen molar-refractivity contribution in [3.63, 3.8) is 0 Å². The van der Waals surface area contributed by atoms with Crippen molar-refractivity contribution in [2.24, 2.45) is 5.41 Å². The molecule has 1 aliphatic rings. The van der Waals surface area contributed by atoms with Crippen molar-refractivity contribution in [3.8, 4) is 0 Å². The number of nitrogens with one attached hydrogen (secondary N) is 1. The van der Waals surface area contributed by atoms with Crippen LogP contribution >= 0.6 is 0 Å². The van der Waals surface area contributed by atoms with E-state index in [4.69, 9.17) is 4.74 Å². The summed E-state index contributed by atoms with van der Waals surface area (Å²) in [6.45, 7) is 7.35. The van der Waals surface area contributed by atoms with Gasteiger partial charge < -0.3 is 10.1 Å². The molecule has 1 atom stereocenters. The molecule has 35 heavy (non-hydrogen) atoms. The Morgan fingerprint density at radius 2 is 1.83 bits per heavy atom. The quantitative estimate of drug-likeness (QED) is 0.288. The van der Waals surface area contributed by atoms with Crippen LogP contribution in [0.15, 0.2) is 42.6 Å². The van der Waals surface area contributed by atoms with E-state index in [1.165, 1.54) is 5.56 Å². The largest absolute Gasteiger partial charge is 0.443 e. The van der Waals surface area contributed by atoms with Crippen molar-refractivity contribution < 1.29 is 19.1 Å². The number of ether oxygens (including phenoxy) is 1. The first-order chi connectivity index (χ1) is 16.7. The fourth-order valence-corrected chi connectivity index (χ4v) is 4.11. The summed E-state index contributed by atoms with van der Waals surface area (Å²) in [5, 5.41) is 2.70. The maximum Gasteiger partial charge on any atom is 0.327 e. The zero-order valence-corrected chi connectivity index (χ0v) is 21.2. The summed E-state index contributed by atoms with van der Waals surface area (Å²) in [4.78, 5) is 42.8. The van der Waals surface area contributed by atoms with Crippen LogP contribution in [0.25, 0.3) is 0 Å². The van der Waals surface area contributed by atoms with E-state index < -0.39 is 23.5 Å². The van der Waals surface area contributed by atoms with E-state index >= 15 is 0 Å². The fraction of sp³-hybridized carbons (Fsp3) is 0.481. The summed E-state index contributed by atoms with van der Waals surface area (Å²) in [6, 6.07) is 11.0. The SMILES string of the molecule is CCCC(C)(C)C(=O)OCN1C(=O)NC(Cc2ccc([B]CCc3ccc(CC)cn3)cc2)C1=O. The van der Waals surface area contributed by atoms with Crippen LogP contribution in [-0.2, 0) is 33.6 Å². The molecule has 3 rings (SSSR count). The second-order valence-corrected chi connectivity index (χ2v) is 9.66. The van der Waals surface area contributed by atoms with Crippen LogP contribution in [0.1, 0.15) is 57.4 Å². The number of carbonyl (C=O) groups excluding carboxylic acids is 3. The van der Waals surface area contributed by atoms with Crippen LogP contribution in [-0.4, -0.2) is 47.8 Å². The lowest BCUT2D eigenvalue weighted by Gasteiger charge is -2.23. The number of nitrogens with zero attached hydrogens (tertiary/aromatic N) is 2. The van der Waals surface area contributed by atoms with Crippen molar-refractivity contribution in [2.45, 2.75) is 72.2 Å². The Kier molecular flexibility index (Phi) is 9.07. The molecule has 0 aliphatic carbocycles. The van der Waals surface area contributed by atoms with Crippen molar-refractivity contribution in [2.75, 3.05) is 6.73 Å². The Morgan fingerprint density at radius 3 is 2.46 bits per heavy atom. The Morgan fingerprint density at radius 1 is 1.11 bits per heavy atom. The highest BCUT2D eigenvalue weighted by atomic mass is 16.5. The number of carbonyl (C=O) groups is 3. The minimum absolute atomic E-state index is 0.364. The highest BCUT2D eigenvalue weighted by molar-refractivity contribution is 6.53. The molecule has 0 saturated carbocycles. The standard InChI is InChI=1S/C27H35BN3O4/c1-5-14-27(3,4)25(33)35-18-31-24(32)23(30-26(31)34)16-20-7-10-21(11-8-20)28-15-13-22-12-9-19(6-2)17-29-22/h7-12,17,23H,5-6,13-16,18H2,1-4H3,(H,30,34). The zero-order chi connectivity index (χ0) is 25.4. The molecule has 7 nitrogen and oxygen atoms in total. The van der Waals surface area contributed by atoms with Gasteiger partial charge in [0.15, 0.2) is 14.0 Å². The molecular weight excluding hydrogens is 441 g/mol. The molecule has 1 fully saturated rings. The van der Waals surface area contributed by atoms with E-state index in [1.807, 2.05) is 37.4 Å². The molecule has 1 aliphatic heterocycles. The predicted molar refractivity (Wildman–Crippen MR) is 136 cm³/mol. The summed E-state index contributed by atoms with van der Waals surface area (Å²) in [7, 11) is 2.16. The van der Waals surface area contributed by atoms with Crippen LogP contribution < -0.4 is 10.8 Å². The van der Waals surface area contributed by atoms with Crippen LogP contribution in [0, 0.1) is 5.41 Å². The van der Waals surface area contributed by atoms with Crippen molar-refractivity contribution in [1.82, 2.24) is 15.2 Å². The van der Waals surface area contributed by atoms with Crippen molar-refractivity contribution in [3.05, 3.63) is 59.4 Å². The third kappa shape index (κ3) is 7.17. The summed E-state index contributed by atoms with van der Waals surface area (Å²) in [6.07, 6.45) is 6.58. The van der Waals surface area contributed by atoms with Crippen LogP contribution in [0.5, 0.6) is 0 Å². The van der Waals surface area contributed by atoms with E-state index in [9.17, 15) is 14.4 Å². The van der Waals surface area contributed by atoms with Gasteiger partial charge in [0.25, 0.3) is 5.91 Å². The van der Waals surface area contributed by atoms with Gasteiger partial charge in [-0.15, -0.1) is 0 Å².